The molecule has 0 amide bonds. The van der Waals surface area contributed by atoms with Gasteiger partial charge >= 0.3 is 0 Å². The lowest BCUT2D eigenvalue weighted by atomic mass is 9.96. The molecule has 0 bridgehead atoms. The molecule has 2 heterocycles. The summed E-state index contributed by atoms with van der Waals surface area (Å²) >= 11 is 0. The molecule has 0 aliphatic heterocycles. The van der Waals surface area contributed by atoms with E-state index in [0.717, 1.165) is 5.56 Å². The fourth-order valence-corrected chi connectivity index (χ4v) is 1.15. The molecule has 0 aromatic carbocycles. The molecule has 0 saturated heterocycles. The van der Waals surface area contributed by atoms with Gasteiger partial charge in [-0.2, -0.15) is 0 Å². The molecule has 5 nitrogen and oxygen atoms in total. The first kappa shape index (κ1) is 10.6. The van der Waals surface area contributed by atoms with Gasteiger partial charge in [0.2, 0.25) is 5.82 Å². The van der Waals surface area contributed by atoms with Crippen LogP contribution in [-0.4, -0.2) is 25.4 Å². The Hall–Kier alpha value is -1.91. The van der Waals surface area contributed by atoms with Crippen LogP contribution in [0.4, 0.5) is 0 Å². The molecule has 0 atom stereocenters. The minimum atomic E-state index is -0.128. The first-order chi connectivity index (χ1) is 7.57. The molecule has 0 spiro atoms. The van der Waals surface area contributed by atoms with Crippen LogP contribution in [0.15, 0.2) is 24.5 Å². The smallest absolute Gasteiger partial charge is 0.203 e. The Labute approximate surface area is 94.0 Å². The fourth-order valence-electron chi connectivity index (χ4n) is 1.15. The van der Waals surface area contributed by atoms with Gasteiger partial charge in [-0.25, -0.2) is 0 Å². The molecule has 2 aromatic heterocycles. The van der Waals surface area contributed by atoms with Gasteiger partial charge in [-0.3, -0.25) is 4.98 Å². The minimum Gasteiger partial charge on any atom is -0.265 e. The van der Waals surface area contributed by atoms with Crippen LogP contribution in [-0.2, 0) is 5.41 Å². The van der Waals surface area contributed by atoms with E-state index in [1.54, 1.807) is 12.4 Å². The lowest BCUT2D eigenvalue weighted by molar-refractivity contribution is 0.519. The lowest BCUT2D eigenvalue weighted by Gasteiger charge is -2.13. The summed E-state index contributed by atoms with van der Waals surface area (Å²) < 4.78 is 0. The van der Waals surface area contributed by atoms with E-state index < -0.39 is 0 Å². The van der Waals surface area contributed by atoms with E-state index >= 15 is 0 Å². The van der Waals surface area contributed by atoms with Gasteiger partial charge in [0.25, 0.3) is 0 Å². The highest BCUT2D eigenvalue weighted by Crippen LogP contribution is 2.17. The fraction of sp³-hybridized carbons (Fsp3) is 0.364. The Bertz CT molecular complexity index is 458. The van der Waals surface area contributed by atoms with Crippen LogP contribution in [0, 0.1) is 0 Å². The van der Waals surface area contributed by atoms with Crippen molar-refractivity contribution in [3.63, 3.8) is 0 Å². The van der Waals surface area contributed by atoms with Crippen molar-refractivity contribution in [2.75, 3.05) is 0 Å². The van der Waals surface area contributed by atoms with Gasteiger partial charge in [0.05, 0.1) is 0 Å². The third-order valence-electron chi connectivity index (χ3n) is 2.09. The zero-order valence-electron chi connectivity index (χ0n) is 9.55. The first-order valence-corrected chi connectivity index (χ1v) is 5.05. The van der Waals surface area contributed by atoms with Crippen molar-refractivity contribution < 1.29 is 0 Å². The van der Waals surface area contributed by atoms with Crippen molar-refractivity contribution in [1.29, 1.82) is 0 Å². The zero-order chi connectivity index (χ0) is 11.6. The number of rotatable bonds is 1. The Morgan fingerprint density at radius 1 is 0.875 bits per heavy atom. The minimum absolute atomic E-state index is 0.128. The maximum atomic E-state index is 4.08. The molecule has 0 radical (unpaired) electrons. The van der Waals surface area contributed by atoms with Crippen molar-refractivity contribution in [2.24, 2.45) is 0 Å². The molecule has 2 aromatic rings. The van der Waals surface area contributed by atoms with E-state index in [9.17, 15) is 0 Å². The van der Waals surface area contributed by atoms with Crippen LogP contribution < -0.4 is 0 Å². The number of hydrogen-bond acceptors (Lipinski definition) is 5. The highest BCUT2D eigenvalue weighted by molar-refractivity contribution is 5.51. The molecule has 5 heteroatoms. The second-order valence-corrected chi connectivity index (χ2v) is 4.53. The maximum Gasteiger partial charge on any atom is 0.203 e. The number of aromatic nitrogens is 5. The summed E-state index contributed by atoms with van der Waals surface area (Å²) in [5.41, 5.74) is 0.743. The lowest BCUT2D eigenvalue weighted by Crippen LogP contribution is -2.18. The summed E-state index contributed by atoms with van der Waals surface area (Å²) in [6, 6.07) is 3.66. The predicted molar refractivity (Wildman–Crippen MR) is 59.6 cm³/mol. The number of hydrogen-bond donors (Lipinski definition) is 0. The van der Waals surface area contributed by atoms with E-state index in [2.05, 4.69) is 25.4 Å². The molecular formula is C11H13N5. The normalized spacial score (nSPS) is 11.4. The Balaban J connectivity index is 2.34. The van der Waals surface area contributed by atoms with Gasteiger partial charge < -0.3 is 0 Å². The van der Waals surface area contributed by atoms with Gasteiger partial charge in [-0.1, -0.05) is 20.8 Å². The van der Waals surface area contributed by atoms with E-state index in [4.69, 9.17) is 0 Å². The molecule has 0 aliphatic rings. The van der Waals surface area contributed by atoms with Crippen LogP contribution >= 0.6 is 0 Å². The molecule has 0 unspecified atom stereocenters. The third kappa shape index (κ3) is 2.18. The van der Waals surface area contributed by atoms with Gasteiger partial charge in [-0.05, 0) is 12.1 Å². The average Bonchev–Trinajstić information content (AvgIpc) is 2.29. The van der Waals surface area contributed by atoms with Crippen LogP contribution in [0.2, 0.25) is 0 Å². The molecule has 0 N–H and O–H groups in total. The van der Waals surface area contributed by atoms with Gasteiger partial charge in [0.1, 0.15) is 0 Å². The van der Waals surface area contributed by atoms with E-state index in [-0.39, 0.29) is 5.41 Å². The average molecular weight is 215 g/mol. The topological polar surface area (TPSA) is 64.5 Å². The van der Waals surface area contributed by atoms with Crippen molar-refractivity contribution in [2.45, 2.75) is 26.2 Å². The number of pyridine rings is 1. The van der Waals surface area contributed by atoms with Crippen LogP contribution in [0.5, 0.6) is 0 Å². The Morgan fingerprint density at radius 2 is 1.44 bits per heavy atom. The number of nitrogens with zero attached hydrogens (tertiary/aromatic N) is 5. The van der Waals surface area contributed by atoms with Crippen molar-refractivity contribution >= 4 is 0 Å². The second-order valence-electron chi connectivity index (χ2n) is 4.53. The molecule has 0 saturated carbocycles. The highest BCUT2D eigenvalue weighted by atomic mass is 15.3. The molecule has 82 valence electrons. The molecule has 0 fully saturated rings. The maximum absolute atomic E-state index is 4.08. The molecule has 16 heavy (non-hydrogen) atoms. The monoisotopic (exact) mass is 215 g/mol. The summed E-state index contributed by atoms with van der Waals surface area (Å²) in [4.78, 5) is 3.93. The Morgan fingerprint density at radius 3 is 1.94 bits per heavy atom. The third-order valence-corrected chi connectivity index (χ3v) is 2.09. The predicted octanol–water partition coefficient (Wildman–Crippen LogP) is 1.63. The van der Waals surface area contributed by atoms with E-state index in [1.165, 1.54) is 0 Å². The van der Waals surface area contributed by atoms with Crippen molar-refractivity contribution in [3.05, 3.63) is 30.4 Å². The summed E-state index contributed by atoms with van der Waals surface area (Å²) in [5, 5.41) is 16.3. The van der Waals surface area contributed by atoms with E-state index in [1.807, 2.05) is 32.9 Å². The quantitative estimate of drug-likeness (QED) is 0.723. The SMILES string of the molecule is CC(C)(C)c1nnc(-c2ccncc2)nn1. The zero-order valence-corrected chi connectivity index (χ0v) is 9.55. The summed E-state index contributed by atoms with van der Waals surface area (Å²) in [5.74, 6) is 1.17. The van der Waals surface area contributed by atoms with Crippen LogP contribution in [0.1, 0.15) is 26.6 Å². The standard InChI is InChI=1S/C11H13N5/c1-11(2,3)10-15-13-9(14-16-10)8-4-6-12-7-5-8/h4-7H,1-3H3. The van der Waals surface area contributed by atoms with Crippen molar-refractivity contribution in [3.8, 4) is 11.4 Å². The largest absolute Gasteiger partial charge is 0.265 e. The van der Waals surface area contributed by atoms with Gasteiger partial charge in [0, 0.05) is 23.4 Å². The van der Waals surface area contributed by atoms with Crippen LogP contribution in [0.25, 0.3) is 11.4 Å². The highest BCUT2D eigenvalue weighted by Gasteiger charge is 2.18. The molecule has 0 aliphatic carbocycles. The van der Waals surface area contributed by atoms with Gasteiger partial charge in [0.15, 0.2) is 5.82 Å². The molecule has 2 rings (SSSR count). The second kappa shape index (κ2) is 3.92. The van der Waals surface area contributed by atoms with Crippen molar-refractivity contribution in [1.82, 2.24) is 25.4 Å². The summed E-state index contributed by atoms with van der Waals surface area (Å²) in [7, 11) is 0. The van der Waals surface area contributed by atoms with Gasteiger partial charge in [-0.15, -0.1) is 20.4 Å². The van der Waals surface area contributed by atoms with E-state index in [0.29, 0.717) is 11.6 Å². The summed E-state index contributed by atoms with van der Waals surface area (Å²) in [6.45, 7) is 6.08. The Kier molecular flexibility index (Phi) is 2.60. The first-order valence-electron chi connectivity index (χ1n) is 5.05. The molecular weight excluding hydrogens is 202 g/mol. The summed E-state index contributed by atoms with van der Waals surface area (Å²) in [6.07, 6.45) is 3.38. The van der Waals surface area contributed by atoms with Crippen LogP contribution in [0.3, 0.4) is 0 Å².